The van der Waals surface area contributed by atoms with Crippen molar-refractivity contribution in [1.29, 1.82) is 0 Å². The molecule has 0 saturated carbocycles. The van der Waals surface area contributed by atoms with Crippen LogP contribution in [0, 0.1) is 12.7 Å². The minimum Gasteiger partial charge on any atom is -0.393 e. The van der Waals surface area contributed by atoms with Gasteiger partial charge in [-0.15, -0.1) is 0 Å². The second-order valence-corrected chi connectivity index (χ2v) is 6.61. The van der Waals surface area contributed by atoms with Crippen molar-refractivity contribution in [2.75, 3.05) is 13.2 Å². The van der Waals surface area contributed by atoms with Crippen LogP contribution in [0.25, 0.3) is 10.9 Å². The van der Waals surface area contributed by atoms with Crippen LogP contribution >= 0.6 is 0 Å². The van der Waals surface area contributed by atoms with Gasteiger partial charge < -0.3 is 15.2 Å². The number of aliphatic hydroxyl groups is 2. The van der Waals surface area contributed by atoms with Crippen LogP contribution in [0.2, 0.25) is 0 Å². The van der Waals surface area contributed by atoms with Gasteiger partial charge in [-0.2, -0.15) is 5.10 Å². The topological polar surface area (TPSA) is 77.3 Å². The van der Waals surface area contributed by atoms with Crippen molar-refractivity contribution >= 4 is 10.9 Å². The summed E-state index contributed by atoms with van der Waals surface area (Å²) in [6.45, 7) is 4.72. The molecule has 0 unspecified atom stereocenters. The number of halogens is 1. The van der Waals surface area contributed by atoms with Gasteiger partial charge in [-0.25, -0.2) is 4.39 Å². The smallest absolute Gasteiger partial charge is 0.123 e. The average Bonchev–Trinajstić information content (AvgIpc) is 3.16. The minimum absolute atomic E-state index is 0.224. The first kappa shape index (κ1) is 16.3. The third-order valence-electron chi connectivity index (χ3n) is 4.92. The number of nitrogens with zero attached hydrogens (tertiary/aromatic N) is 3. The van der Waals surface area contributed by atoms with Gasteiger partial charge in [-0.3, -0.25) is 9.58 Å². The fourth-order valence-electron chi connectivity index (χ4n) is 3.47. The lowest BCUT2D eigenvalue weighted by atomic mass is 10.1. The summed E-state index contributed by atoms with van der Waals surface area (Å²) in [6, 6.07) is 6.66. The second-order valence-electron chi connectivity index (χ2n) is 6.61. The van der Waals surface area contributed by atoms with Crippen LogP contribution in [-0.2, 0) is 19.6 Å². The SMILES string of the molecule is Cc1c(CN2CCn3nc([C@@H](O)CO)cc3C2)[nH]c2ccc(F)cc12. The summed E-state index contributed by atoms with van der Waals surface area (Å²) in [6.07, 6.45) is -0.933. The molecule has 6 nitrogen and oxygen atoms in total. The van der Waals surface area contributed by atoms with Crippen molar-refractivity contribution in [1.82, 2.24) is 19.7 Å². The zero-order valence-electron chi connectivity index (χ0n) is 14.0. The number of nitrogens with one attached hydrogen (secondary N) is 1. The summed E-state index contributed by atoms with van der Waals surface area (Å²) >= 11 is 0. The molecule has 0 radical (unpaired) electrons. The van der Waals surface area contributed by atoms with E-state index in [1.807, 2.05) is 17.7 Å². The largest absolute Gasteiger partial charge is 0.393 e. The first-order chi connectivity index (χ1) is 12.0. The zero-order valence-corrected chi connectivity index (χ0v) is 14.0. The average molecular weight is 344 g/mol. The van der Waals surface area contributed by atoms with E-state index in [9.17, 15) is 9.50 Å². The van der Waals surface area contributed by atoms with Crippen molar-refractivity contribution in [2.45, 2.75) is 32.7 Å². The van der Waals surface area contributed by atoms with E-state index in [1.165, 1.54) is 6.07 Å². The summed E-state index contributed by atoms with van der Waals surface area (Å²) < 4.78 is 15.4. The maximum Gasteiger partial charge on any atom is 0.123 e. The number of fused-ring (bicyclic) bond motifs is 2. The Kier molecular flexibility index (Phi) is 4.07. The molecule has 3 aromatic rings. The second kappa shape index (κ2) is 6.25. The van der Waals surface area contributed by atoms with Crippen molar-refractivity contribution in [3.8, 4) is 0 Å². The number of rotatable bonds is 4. The lowest BCUT2D eigenvalue weighted by Crippen LogP contribution is -2.33. The van der Waals surface area contributed by atoms with Crippen LogP contribution in [0.4, 0.5) is 4.39 Å². The number of aryl methyl sites for hydroxylation is 1. The van der Waals surface area contributed by atoms with Crippen LogP contribution in [0.15, 0.2) is 24.3 Å². The van der Waals surface area contributed by atoms with E-state index in [2.05, 4.69) is 15.0 Å². The third-order valence-corrected chi connectivity index (χ3v) is 4.92. The molecular weight excluding hydrogens is 323 g/mol. The van der Waals surface area contributed by atoms with Crippen molar-refractivity contribution in [3.05, 3.63) is 52.7 Å². The summed E-state index contributed by atoms with van der Waals surface area (Å²) in [5.74, 6) is -0.224. The third kappa shape index (κ3) is 2.95. The molecule has 2 aromatic heterocycles. The molecule has 1 atom stereocenters. The van der Waals surface area contributed by atoms with Crippen LogP contribution in [0.3, 0.4) is 0 Å². The summed E-state index contributed by atoms with van der Waals surface area (Å²) in [7, 11) is 0. The van der Waals surface area contributed by atoms with Crippen LogP contribution < -0.4 is 0 Å². The number of hydrogen-bond acceptors (Lipinski definition) is 4. The van der Waals surface area contributed by atoms with Gasteiger partial charge in [-0.1, -0.05) is 0 Å². The Morgan fingerprint density at radius 3 is 2.96 bits per heavy atom. The van der Waals surface area contributed by atoms with Gasteiger partial charge in [0, 0.05) is 36.2 Å². The van der Waals surface area contributed by atoms with Crippen molar-refractivity contribution < 1.29 is 14.6 Å². The van der Waals surface area contributed by atoms with E-state index in [0.29, 0.717) is 12.2 Å². The normalized spacial score (nSPS) is 16.3. The summed E-state index contributed by atoms with van der Waals surface area (Å²) in [4.78, 5) is 5.68. The molecular formula is C18H21FN4O2. The number of H-pyrrole nitrogens is 1. The summed E-state index contributed by atoms with van der Waals surface area (Å²) in [5.41, 5.74) is 4.64. The van der Waals surface area contributed by atoms with Crippen LogP contribution in [-0.4, -0.2) is 43.0 Å². The quantitative estimate of drug-likeness (QED) is 0.675. The predicted octanol–water partition coefficient (Wildman–Crippen LogP) is 1.85. The van der Waals surface area contributed by atoms with E-state index in [-0.39, 0.29) is 12.4 Å². The zero-order chi connectivity index (χ0) is 17.6. The molecule has 0 bridgehead atoms. The van der Waals surface area contributed by atoms with E-state index >= 15 is 0 Å². The van der Waals surface area contributed by atoms with E-state index in [1.54, 1.807) is 12.1 Å². The number of benzene rings is 1. The molecule has 1 aromatic carbocycles. The minimum atomic E-state index is -0.933. The van der Waals surface area contributed by atoms with Crippen LogP contribution in [0.1, 0.15) is 28.7 Å². The molecule has 7 heteroatoms. The highest BCUT2D eigenvalue weighted by atomic mass is 19.1. The Balaban J connectivity index is 1.55. The van der Waals surface area contributed by atoms with Gasteiger partial charge in [0.25, 0.3) is 0 Å². The lowest BCUT2D eigenvalue weighted by molar-refractivity contribution is 0.0915. The highest BCUT2D eigenvalue weighted by Gasteiger charge is 2.22. The Labute approximate surface area is 144 Å². The van der Waals surface area contributed by atoms with Crippen molar-refractivity contribution in [3.63, 3.8) is 0 Å². The molecule has 0 aliphatic carbocycles. The molecule has 132 valence electrons. The lowest BCUT2D eigenvalue weighted by Gasteiger charge is -2.27. The number of aromatic nitrogens is 3. The Hall–Kier alpha value is -2.22. The van der Waals surface area contributed by atoms with Crippen LogP contribution in [0.5, 0.6) is 0 Å². The Morgan fingerprint density at radius 1 is 1.32 bits per heavy atom. The maximum absolute atomic E-state index is 13.5. The number of hydrogen-bond donors (Lipinski definition) is 3. The monoisotopic (exact) mass is 344 g/mol. The molecule has 3 heterocycles. The fourth-order valence-corrected chi connectivity index (χ4v) is 3.47. The van der Waals surface area contributed by atoms with Gasteiger partial charge in [0.15, 0.2) is 0 Å². The number of aliphatic hydroxyl groups excluding tert-OH is 2. The van der Waals surface area contributed by atoms with Gasteiger partial charge in [0.1, 0.15) is 11.9 Å². The predicted molar refractivity (Wildman–Crippen MR) is 91.4 cm³/mol. The first-order valence-electron chi connectivity index (χ1n) is 8.39. The molecule has 0 amide bonds. The van der Waals surface area contributed by atoms with E-state index < -0.39 is 6.10 Å². The number of aromatic amines is 1. The molecule has 25 heavy (non-hydrogen) atoms. The first-order valence-corrected chi connectivity index (χ1v) is 8.39. The molecule has 1 aliphatic rings. The van der Waals surface area contributed by atoms with Gasteiger partial charge >= 0.3 is 0 Å². The highest BCUT2D eigenvalue weighted by Crippen LogP contribution is 2.25. The molecule has 3 N–H and O–H groups in total. The van der Waals surface area contributed by atoms with E-state index in [4.69, 9.17) is 5.11 Å². The Morgan fingerprint density at radius 2 is 2.16 bits per heavy atom. The van der Waals surface area contributed by atoms with Gasteiger partial charge in [-0.05, 0) is 36.8 Å². The van der Waals surface area contributed by atoms with Gasteiger partial charge in [0.2, 0.25) is 0 Å². The Bertz CT molecular complexity index is 917. The molecule has 4 rings (SSSR count). The summed E-state index contributed by atoms with van der Waals surface area (Å²) in [5, 5.41) is 24.1. The van der Waals surface area contributed by atoms with Gasteiger partial charge in [0.05, 0.1) is 24.5 Å². The molecule has 0 spiro atoms. The maximum atomic E-state index is 13.5. The highest BCUT2D eigenvalue weighted by molar-refractivity contribution is 5.84. The molecule has 0 saturated heterocycles. The molecule has 1 aliphatic heterocycles. The van der Waals surface area contributed by atoms with E-state index in [0.717, 1.165) is 47.5 Å². The van der Waals surface area contributed by atoms with Crippen molar-refractivity contribution in [2.24, 2.45) is 0 Å². The fraction of sp³-hybridized carbons (Fsp3) is 0.389. The molecule has 0 fully saturated rings. The standard InChI is InChI=1S/C18H21FN4O2/c1-11-14-6-12(19)2-3-15(14)20-17(11)9-22-4-5-23-13(8-22)7-16(21-23)18(25)10-24/h2-3,6-7,18,20,24-25H,4-5,8-10H2,1H3/t18-/m0/s1.